The van der Waals surface area contributed by atoms with Crippen molar-refractivity contribution in [3.63, 3.8) is 0 Å². The van der Waals surface area contributed by atoms with Crippen molar-refractivity contribution in [3.8, 4) is 11.1 Å². The fraction of sp³-hybridized carbons (Fsp3) is 0.333. The van der Waals surface area contributed by atoms with Crippen LogP contribution >= 0.6 is 11.6 Å². The van der Waals surface area contributed by atoms with E-state index in [4.69, 9.17) is 21.4 Å². The number of benzene rings is 2. The number of esters is 1. The van der Waals surface area contributed by atoms with E-state index < -0.39 is 5.60 Å². The Balaban J connectivity index is 0.000000617. The van der Waals surface area contributed by atoms with Gasteiger partial charge in [-0.1, -0.05) is 29.8 Å². The lowest BCUT2D eigenvalue weighted by Crippen LogP contribution is -2.30. The Hall–Kier alpha value is -3.55. The van der Waals surface area contributed by atoms with Gasteiger partial charge in [0, 0.05) is 35.3 Å². The lowest BCUT2D eigenvalue weighted by atomic mass is 9.88. The number of nitrogens with one attached hydrogen (secondary N) is 1. The third-order valence-electron chi connectivity index (χ3n) is 6.45. The minimum Gasteiger partial charge on any atom is -0.469 e. The standard InChI is InChI=1S/C26H24ClN3O3.C4H10O/c1-15-13-20-24(17-7-9-18(27)10-8-17)19(14-23(32)33-3)16(2)25-26(20)29(15)11-12-30(25)21-5-4-6-22(31)28-21;1-4(2,3)5/h4-10,13H,11-12,14H2,1-3H3,(H,28,31);5H,1-3H3. The van der Waals surface area contributed by atoms with Crippen molar-refractivity contribution in [1.29, 1.82) is 0 Å². The normalized spacial score (nSPS) is 12.8. The van der Waals surface area contributed by atoms with Crippen LogP contribution in [-0.4, -0.2) is 39.9 Å². The number of halogens is 1. The molecule has 0 fully saturated rings. The molecule has 0 spiro atoms. The molecule has 200 valence electrons. The molecule has 2 aromatic heterocycles. The number of ether oxygens (including phenoxy) is 1. The number of pyridine rings is 1. The Morgan fingerprint density at radius 1 is 1.11 bits per heavy atom. The van der Waals surface area contributed by atoms with Gasteiger partial charge in [-0.15, -0.1) is 0 Å². The van der Waals surface area contributed by atoms with Crippen LogP contribution in [0.5, 0.6) is 0 Å². The molecule has 2 N–H and O–H groups in total. The Morgan fingerprint density at radius 3 is 2.37 bits per heavy atom. The summed E-state index contributed by atoms with van der Waals surface area (Å²) in [6.45, 7) is 10.9. The van der Waals surface area contributed by atoms with Crippen molar-refractivity contribution in [2.24, 2.45) is 0 Å². The van der Waals surface area contributed by atoms with Gasteiger partial charge in [-0.25, -0.2) is 0 Å². The van der Waals surface area contributed by atoms with Gasteiger partial charge in [0.1, 0.15) is 5.82 Å². The summed E-state index contributed by atoms with van der Waals surface area (Å²) in [6, 6.07) is 15.1. The highest BCUT2D eigenvalue weighted by atomic mass is 35.5. The summed E-state index contributed by atoms with van der Waals surface area (Å²) in [5.74, 6) is 0.437. The van der Waals surface area contributed by atoms with Crippen molar-refractivity contribution in [3.05, 3.63) is 80.7 Å². The van der Waals surface area contributed by atoms with Crippen LogP contribution in [0.4, 0.5) is 11.5 Å². The van der Waals surface area contributed by atoms with Gasteiger partial charge in [0.15, 0.2) is 0 Å². The topological polar surface area (TPSA) is 87.6 Å². The predicted octanol–water partition coefficient (Wildman–Crippen LogP) is 5.91. The molecule has 38 heavy (non-hydrogen) atoms. The largest absolute Gasteiger partial charge is 0.469 e. The zero-order valence-corrected chi connectivity index (χ0v) is 23.4. The first kappa shape index (κ1) is 27.5. The molecule has 0 saturated heterocycles. The number of hydrogen-bond acceptors (Lipinski definition) is 5. The maximum Gasteiger partial charge on any atom is 0.310 e. The summed E-state index contributed by atoms with van der Waals surface area (Å²) in [6.07, 6.45) is 0.145. The molecule has 4 aromatic rings. The number of H-pyrrole nitrogens is 1. The van der Waals surface area contributed by atoms with Gasteiger partial charge in [-0.3, -0.25) is 9.59 Å². The summed E-state index contributed by atoms with van der Waals surface area (Å²) in [4.78, 5) is 29.7. The van der Waals surface area contributed by atoms with E-state index in [0.717, 1.165) is 56.9 Å². The molecule has 5 rings (SSSR count). The zero-order chi connectivity index (χ0) is 27.8. The van der Waals surface area contributed by atoms with Gasteiger partial charge in [-0.05, 0) is 81.1 Å². The first-order chi connectivity index (χ1) is 17.9. The molecule has 3 heterocycles. The number of aromatic amines is 1. The van der Waals surface area contributed by atoms with Crippen molar-refractivity contribution in [2.45, 2.75) is 53.2 Å². The van der Waals surface area contributed by atoms with E-state index in [1.807, 2.05) is 37.3 Å². The van der Waals surface area contributed by atoms with Gasteiger partial charge >= 0.3 is 5.97 Å². The third kappa shape index (κ3) is 5.64. The SMILES string of the molecule is CC(C)(C)O.COC(=O)Cc1c(C)c2c3c(cc(C)n3CCN2c2cccc(=O)[nH]2)c1-c1ccc(Cl)cc1. The average molecular weight is 536 g/mol. The smallest absolute Gasteiger partial charge is 0.310 e. The van der Waals surface area contributed by atoms with Crippen molar-refractivity contribution >= 4 is 40.0 Å². The number of anilines is 2. The lowest BCUT2D eigenvalue weighted by Gasteiger charge is -2.34. The summed E-state index contributed by atoms with van der Waals surface area (Å²) < 4.78 is 7.36. The molecule has 0 saturated carbocycles. The first-order valence-electron chi connectivity index (χ1n) is 12.6. The minimum absolute atomic E-state index is 0.145. The fourth-order valence-corrected chi connectivity index (χ4v) is 5.07. The van der Waals surface area contributed by atoms with Crippen molar-refractivity contribution in [2.75, 3.05) is 18.6 Å². The van der Waals surface area contributed by atoms with Gasteiger partial charge in [0.2, 0.25) is 5.56 Å². The third-order valence-corrected chi connectivity index (χ3v) is 6.70. The van der Waals surface area contributed by atoms with Crippen molar-refractivity contribution < 1.29 is 14.6 Å². The molecule has 0 atom stereocenters. The average Bonchev–Trinajstić information content (AvgIpc) is 3.18. The predicted molar refractivity (Wildman–Crippen MR) is 154 cm³/mol. The molecule has 8 heteroatoms. The summed E-state index contributed by atoms with van der Waals surface area (Å²) in [5, 5.41) is 10.2. The number of aromatic nitrogens is 2. The highest BCUT2D eigenvalue weighted by Crippen LogP contribution is 2.46. The number of nitrogens with zero attached hydrogens (tertiary/aromatic N) is 2. The van der Waals surface area contributed by atoms with E-state index in [9.17, 15) is 9.59 Å². The van der Waals surface area contributed by atoms with E-state index >= 15 is 0 Å². The van der Waals surface area contributed by atoms with E-state index in [2.05, 4.69) is 27.4 Å². The number of aliphatic hydroxyl groups is 1. The monoisotopic (exact) mass is 535 g/mol. The van der Waals surface area contributed by atoms with Crippen LogP contribution in [0.25, 0.3) is 22.0 Å². The Kier molecular flexibility index (Phi) is 7.72. The van der Waals surface area contributed by atoms with Crippen LogP contribution in [0.2, 0.25) is 5.02 Å². The molecule has 2 aromatic carbocycles. The lowest BCUT2D eigenvalue weighted by molar-refractivity contribution is -0.139. The van der Waals surface area contributed by atoms with E-state index in [1.165, 1.54) is 13.2 Å². The van der Waals surface area contributed by atoms with Crippen LogP contribution in [0.3, 0.4) is 0 Å². The van der Waals surface area contributed by atoms with Gasteiger partial charge in [0.05, 0.1) is 30.3 Å². The van der Waals surface area contributed by atoms with E-state index in [0.29, 0.717) is 11.6 Å². The molecule has 0 bridgehead atoms. The highest BCUT2D eigenvalue weighted by molar-refractivity contribution is 6.30. The highest BCUT2D eigenvalue weighted by Gasteiger charge is 2.30. The Morgan fingerprint density at radius 2 is 1.76 bits per heavy atom. The second-order valence-corrected chi connectivity index (χ2v) is 10.9. The van der Waals surface area contributed by atoms with Crippen LogP contribution in [0.1, 0.15) is 37.6 Å². The first-order valence-corrected chi connectivity index (χ1v) is 12.9. The fourth-order valence-electron chi connectivity index (χ4n) is 4.94. The van der Waals surface area contributed by atoms with Gasteiger partial charge in [-0.2, -0.15) is 0 Å². The number of rotatable bonds is 4. The molecular weight excluding hydrogens is 502 g/mol. The number of aryl methyl sites for hydroxylation is 1. The number of carbonyl (C=O) groups is 1. The molecule has 1 aliphatic rings. The zero-order valence-electron chi connectivity index (χ0n) is 22.7. The molecule has 1 aliphatic heterocycles. The Labute approximate surface area is 227 Å². The quantitative estimate of drug-likeness (QED) is 0.317. The van der Waals surface area contributed by atoms with Gasteiger partial charge < -0.3 is 24.3 Å². The van der Waals surface area contributed by atoms with Crippen LogP contribution in [-0.2, 0) is 22.5 Å². The van der Waals surface area contributed by atoms with Crippen LogP contribution in [0, 0.1) is 13.8 Å². The second kappa shape index (κ2) is 10.7. The maximum absolute atomic E-state index is 12.5. The molecule has 7 nitrogen and oxygen atoms in total. The van der Waals surface area contributed by atoms with E-state index in [1.54, 1.807) is 26.8 Å². The van der Waals surface area contributed by atoms with Gasteiger partial charge in [0.25, 0.3) is 0 Å². The van der Waals surface area contributed by atoms with E-state index in [-0.39, 0.29) is 17.9 Å². The summed E-state index contributed by atoms with van der Waals surface area (Å²) in [7, 11) is 1.41. The number of methoxy groups -OCH3 is 1. The number of carbonyl (C=O) groups excluding carboxylic acids is 1. The van der Waals surface area contributed by atoms with Crippen LogP contribution in [0.15, 0.2) is 53.3 Å². The summed E-state index contributed by atoms with van der Waals surface area (Å²) >= 11 is 6.17. The molecule has 0 radical (unpaired) electrons. The second-order valence-electron chi connectivity index (χ2n) is 10.5. The summed E-state index contributed by atoms with van der Waals surface area (Å²) in [5.41, 5.74) is 6.51. The molecule has 0 aliphatic carbocycles. The molecule has 0 amide bonds. The Bertz CT molecular complexity index is 1540. The van der Waals surface area contributed by atoms with Crippen molar-refractivity contribution in [1.82, 2.24) is 9.55 Å². The minimum atomic E-state index is -0.500. The van der Waals surface area contributed by atoms with Crippen LogP contribution < -0.4 is 10.5 Å². The molecule has 0 unspecified atom stereocenters. The number of hydrogen-bond donors (Lipinski definition) is 2. The maximum atomic E-state index is 12.5. The molecular formula is C30H34ClN3O4.